The predicted octanol–water partition coefficient (Wildman–Crippen LogP) is 4.95. The highest BCUT2D eigenvalue weighted by atomic mass is 35.5. The van der Waals surface area contributed by atoms with E-state index in [0.717, 1.165) is 38.7 Å². The summed E-state index contributed by atoms with van der Waals surface area (Å²) in [5.74, 6) is 0.659. The molecule has 4 N–H and O–H groups in total. The zero-order chi connectivity index (χ0) is 25.9. The van der Waals surface area contributed by atoms with Crippen LogP contribution in [0.1, 0.15) is 56.6 Å². The summed E-state index contributed by atoms with van der Waals surface area (Å²) in [6.45, 7) is 1.48. The Morgan fingerprint density at radius 1 is 1.11 bits per heavy atom. The van der Waals surface area contributed by atoms with Crippen LogP contribution < -0.4 is 16.4 Å². The molecule has 12 heteroatoms. The highest BCUT2D eigenvalue weighted by molar-refractivity contribution is 6.39. The monoisotopic (exact) mass is 542 g/mol. The van der Waals surface area contributed by atoms with Crippen LogP contribution in [0.15, 0.2) is 18.3 Å². The topological polar surface area (TPSA) is 144 Å². The molecular formula is C25H28Cl2N8O2. The minimum atomic E-state index is -0.260. The fourth-order valence-corrected chi connectivity index (χ4v) is 5.69. The molecule has 0 unspecified atom stereocenters. The number of nitrogens with zero attached hydrogens (tertiary/aromatic N) is 5. The number of aromatic nitrogens is 4. The lowest BCUT2D eigenvalue weighted by molar-refractivity contribution is -0.122. The second-order valence-electron chi connectivity index (χ2n) is 9.55. The van der Waals surface area contributed by atoms with E-state index in [4.69, 9.17) is 43.6 Å². The molecule has 1 aliphatic carbocycles. The van der Waals surface area contributed by atoms with Crippen molar-refractivity contribution in [1.82, 2.24) is 19.5 Å². The van der Waals surface area contributed by atoms with E-state index in [1.807, 2.05) is 4.57 Å². The van der Waals surface area contributed by atoms with Crippen molar-refractivity contribution in [1.29, 1.82) is 5.26 Å². The third-order valence-electron chi connectivity index (χ3n) is 7.09. The van der Waals surface area contributed by atoms with Gasteiger partial charge in [0.2, 0.25) is 17.8 Å². The third-order valence-corrected chi connectivity index (χ3v) is 7.69. The van der Waals surface area contributed by atoms with E-state index in [9.17, 15) is 10.1 Å². The number of carbonyl (C=O) groups excluding carboxylic acids is 1. The Morgan fingerprint density at radius 2 is 1.86 bits per heavy atom. The van der Waals surface area contributed by atoms with E-state index in [0.29, 0.717) is 63.8 Å². The number of halogens is 2. The number of amides is 1. The van der Waals surface area contributed by atoms with E-state index in [1.54, 1.807) is 18.3 Å². The number of nitrogens with one attached hydrogen (secondary N) is 2. The highest BCUT2D eigenvalue weighted by Crippen LogP contribution is 2.39. The van der Waals surface area contributed by atoms with Gasteiger partial charge in [0.15, 0.2) is 5.65 Å². The molecule has 3 aromatic rings. The molecule has 0 bridgehead atoms. The molecule has 1 atom stereocenters. The summed E-state index contributed by atoms with van der Waals surface area (Å²) in [5.41, 5.74) is 7.68. The third kappa shape index (κ3) is 5.59. The average molecular weight is 543 g/mol. The van der Waals surface area contributed by atoms with E-state index in [2.05, 4.69) is 21.7 Å². The van der Waals surface area contributed by atoms with Crippen molar-refractivity contribution < 1.29 is 9.53 Å². The van der Waals surface area contributed by atoms with Gasteiger partial charge in [0.05, 0.1) is 33.6 Å². The van der Waals surface area contributed by atoms with Gasteiger partial charge in [0, 0.05) is 31.2 Å². The zero-order valence-electron chi connectivity index (χ0n) is 20.2. The fourth-order valence-electron chi connectivity index (χ4n) is 5.11. The van der Waals surface area contributed by atoms with Crippen molar-refractivity contribution in [3.63, 3.8) is 0 Å². The molecule has 0 radical (unpaired) electrons. The van der Waals surface area contributed by atoms with Gasteiger partial charge in [-0.05, 0) is 57.1 Å². The lowest BCUT2D eigenvalue weighted by Crippen LogP contribution is -2.29. The van der Waals surface area contributed by atoms with Crippen molar-refractivity contribution in [2.45, 2.75) is 57.0 Å². The van der Waals surface area contributed by atoms with Gasteiger partial charge >= 0.3 is 0 Å². The van der Waals surface area contributed by atoms with Crippen LogP contribution >= 0.6 is 23.2 Å². The standard InChI is InChI=1S/C25H28Cl2N8O2/c26-18-10-14(12-28)11-19(27)21(18)33-25-32-20-13-30-24(31-16-2-1-8-37-9-7-16)34-23(20)35(25)17-5-3-15(4-6-17)22(29)36/h10-11,13,15-17H,1-9H2,(H2,29,36)(H,32,33)(H,30,31,34)/t15?,16-,17?/m0/s1. The smallest absolute Gasteiger partial charge is 0.224 e. The van der Waals surface area contributed by atoms with Crippen LogP contribution in [0.3, 0.4) is 0 Å². The van der Waals surface area contributed by atoms with Crippen molar-refractivity contribution >= 4 is 57.9 Å². The first-order valence-electron chi connectivity index (χ1n) is 12.5. The molecule has 1 saturated heterocycles. The zero-order valence-corrected chi connectivity index (χ0v) is 21.7. The number of fused-ring (bicyclic) bond motifs is 1. The van der Waals surface area contributed by atoms with Crippen LogP contribution in [0.25, 0.3) is 11.2 Å². The number of hydrogen-bond donors (Lipinski definition) is 3. The number of ether oxygens (including phenoxy) is 1. The Labute approximate surface area is 224 Å². The van der Waals surface area contributed by atoms with Crippen molar-refractivity contribution in [3.8, 4) is 6.07 Å². The van der Waals surface area contributed by atoms with Gasteiger partial charge in [0.25, 0.3) is 0 Å². The van der Waals surface area contributed by atoms with E-state index < -0.39 is 0 Å². The molecule has 1 amide bonds. The highest BCUT2D eigenvalue weighted by Gasteiger charge is 2.29. The molecule has 194 valence electrons. The summed E-state index contributed by atoms with van der Waals surface area (Å²) in [5, 5.41) is 16.6. The lowest BCUT2D eigenvalue weighted by Gasteiger charge is -2.29. The maximum atomic E-state index is 11.8. The van der Waals surface area contributed by atoms with Crippen LogP contribution in [0.4, 0.5) is 17.6 Å². The normalized spacial score (nSPS) is 22.2. The summed E-state index contributed by atoms with van der Waals surface area (Å²) in [6.07, 6.45) is 7.44. The largest absolute Gasteiger partial charge is 0.381 e. The molecule has 10 nitrogen and oxygen atoms in total. The number of nitriles is 1. The van der Waals surface area contributed by atoms with Crippen LogP contribution in [0, 0.1) is 17.2 Å². The minimum Gasteiger partial charge on any atom is -0.381 e. The number of imidazole rings is 1. The maximum Gasteiger partial charge on any atom is 0.224 e. The molecule has 2 aromatic heterocycles. The molecule has 0 spiro atoms. The SMILES string of the molecule is N#Cc1cc(Cl)c(Nc2nc3cnc(N[C@H]4CCCOCC4)nc3n2C2CCC(C(N)=O)CC2)c(Cl)c1. The van der Waals surface area contributed by atoms with Gasteiger partial charge in [-0.2, -0.15) is 10.2 Å². The van der Waals surface area contributed by atoms with Gasteiger partial charge in [-0.3, -0.25) is 9.36 Å². The van der Waals surface area contributed by atoms with Gasteiger partial charge < -0.3 is 21.1 Å². The number of rotatable bonds is 6. The van der Waals surface area contributed by atoms with Crippen LogP contribution in [0.2, 0.25) is 10.0 Å². The number of anilines is 3. The molecule has 2 aliphatic rings. The van der Waals surface area contributed by atoms with Gasteiger partial charge in [-0.15, -0.1) is 0 Å². The lowest BCUT2D eigenvalue weighted by atomic mass is 9.85. The molecular weight excluding hydrogens is 515 g/mol. The van der Waals surface area contributed by atoms with Crippen molar-refractivity contribution in [2.75, 3.05) is 23.8 Å². The van der Waals surface area contributed by atoms with Crippen LogP contribution in [-0.4, -0.2) is 44.7 Å². The van der Waals surface area contributed by atoms with Crippen LogP contribution in [0.5, 0.6) is 0 Å². The van der Waals surface area contributed by atoms with Crippen molar-refractivity contribution in [2.24, 2.45) is 11.7 Å². The molecule has 1 aromatic carbocycles. The Kier molecular flexibility index (Phi) is 7.65. The molecule has 3 heterocycles. The fraction of sp³-hybridized carbons (Fsp3) is 0.480. The molecule has 37 heavy (non-hydrogen) atoms. The number of nitrogens with two attached hydrogens (primary N) is 1. The van der Waals surface area contributed by atoms with Gasteiger partial charge in [0.1, 0.15) is 5.52 Å². The van der Waals surface area contributed by atoms with Gasteiger partial charge in [-0.25, -0.2) is 9.97 Å². The second kappa shape index (κ2) is 11.1. The van der Waals surface area contributed by atoms with E-state index in [-0.39, 0.29) is 23.9 Å². The summed E-state index contributed by atoms with van der Waals surface area (Å²) in [4.78, 5) is 25.9. The summed E-state index contributed by atoms with van der Waals surface area (Å²) < 4.78 is 7.62. The van der Waals surface area contributed by atoms with Crippen molar-refractivity contribution in [3.05, 3.63) is 33.9 Å². The van der Waals surface area contributed by atoms with E-state index >= 15 is 0 Å². The molecule has 1 aliphatic heterocycles. The molecule has 2 fully saturated rings. The predicted molar refractivity (Wildman–Crippen MR) is 142 cm³/mol. The van der Waals surface area contributed by atoms with E-state index in [1.165, 1.54) is 0 Å². The van der Waals surface area contributed by atoms with Gasteiger partial charge in [-0.1, -0.05) is 23.2 Å². The molecule has 5 rings (SSSR count). The summed E-state index contributed by atoms with van der Waals surface area (Å²) >= 11 is 12.9. The number of carbonyl (C=O) groups is 1. The maximum absolute atomic E-state index is 11.8. The quantitative estimate of drug-likeness (QED) is 0.396. The second-order valence-corrected chi connectivity index (χ2v) is 10.4. The minimum absolute atomic E-state index is 0.0352. The summed E-state index contributed by atoms with van der Waals surface area (Å²) in [7, 11) is 0. The number of hydrogen-bond acceptors (Lipinski definition) is 8. The Hall–Kier alpha value is -3.13. The average Bonchev–Trinajstić information content (AvgIpc) is 3.04. The first kappa shape index (κ1) is 25.5. The number of primary amides is 1. The summed E-state index contributed by atoms with van der Waals surface area (Å²) in [6, 6.07) is 5.43. The Bertz CT molecular complexity index is 1320. The van der Waals surface area contributed by atoms with Crippen LogP contribution in [-0.2, 0) is 9.53 Å². The Balaban J connectivity index is 1.52. The first-order valence-corrected chi connectivity index (χ1v) is 13.2. The first-order chi connectivity index (χ1) is 17.9. The molecule has 1 saturated carbocycles. The Morgan fingerprint density at radius 3 is 2.57 bits per heavy atom. The number of benzene rings is 1.